The molecule has 2 atom stereocenters. The van der Waals surface area contributed by atoms with Crippen molar-refractivity contribution in [1.29, 1.82) is 0 Å². The van der Waals surface area contributed by atoms with Gasteiger partial charge >= 0.3 is 0 Å². The van der Waals surface area contributed by atoms with Gasteiger partial charge in [-0.25, -0.2) is 0 Å². The standard InChI is InChI=1S/C18H29N3O3/c22-18-13-20(12-17(18)21-6-8-23-9-7-21)11-15-10-16(19-24-15)14-4-2-1-3-5-14/h10,14,17-18,22H,1-9,11-13H2/t17-,18-/m1/s1. The van der Waals surface area contributed by atoms with Crippen molar-refractivity contribution < 1.29 is 14.4 Å². The van der Waals surface area contributed by atoms with Crippen molar-refractivity contribution in [2.75, 3.05) is 39.4 Å². The number of ether oxygens (including phenoxy) is 1. The molecule has 2 aliphatic heterocycles. The highest BCUT2D eigenvalue weighted by Gasteiger charge is 2.36. The molecule has 24 heavy (non-hydrogen) atoms. The van der Waals surface area contributed by atoms with Crippen molar-refractivity contribution in [2.24, 2.45) is 0 Å². The number of aliphatic hydroxyl groups excluding tert-OH is 1. The van der Waals surface area contributed by atoms with Crippen LogP contribution in [0.5, 0.6) is 0 Å². The Balaban J connectivity index is 1.33. The van der Waals surface area contributed by atoms with Crippen molar-refractivity contribution in [3.8, 4) is 0 Å². The van der Waals surface area contributed by atoms with Crippen LogP contribution in [0.15, 0.2) is 10.6 Å². The van der Waals surface area contributed by atoms with Crippen LogP contribution in [0.3, 0.4) is 0 Å². The largest absolute Gasteiger partial charge is 0.390 e. The fourth-order valence-corrected chi connectivity index (χ4v) is 4.46. The summed E-state index contributed by atoms with van der Waals surface area (Å²) >= 11 is 0. The first kappa shape index (κ1) is 16.5. The van der Waals surface area contributed by atoms with Gasteiger partial charge in [0.05, 0.1) is 31.6 Å². The lowest BCUT2D eigenvalue weighted by Gasteiger charge is -2.33. The minimum Gasteiger partial charge on any atom is -0.390 e. The summed E-state index contributed by atoms with van der Waals surface area (Å²) in [5, 5.41) is 14.7. The first-order chi connectivity index (χ1) is 11.8. The lowest BCUT2D eigenvalue weighted by atomic mass is 9.87. The number of nitrogens with zero attached hydrogens (tertiary/aromatic N) is 3. The molecule has 6 nitrogen and oxygen atoms in total. The van der Waals surface area contributed by atoms with Gasteiger partial charge in [-0.05, 0) is 12.8 Å². The molecule has 4 rings (SSSR count). The molecule has 0 aromatic carbocycles. The third-order valence-corrected chi connectivity index (χ3v) is 5.83. The monoisotopic (exact) mass is 335 g/mol. The van der Waals surface area contributed by atoms with Crippen LogP contribution in [-0.4, -0.2) is 71.6 Å². The molecule has 2 saturated heterocycles. The Kier molecular flexibility index (Phi) is 5.17. The second kappa shape index (κ2) is 7.52. The highest BCUT2D eigenvalue weighted by atomic mass is 16.5. The molecule has 0 unspecified atom stereocenters. The number of likely N-dealkylation sites (tertiary alicyclic amines) is 1. The zero-order valence-corrected chi connectivity index (χ0v) is 14.4. The van der Waals surface area contributed by atoms with Crippen LogP contribution in [0, 0.1) is 0 Å². The average molecular weight is 335 g/mol. The van der Waals surface area contributed by atoms with E-state index in [-0.39, 0.29) is 12.1 Å². The second-order valence-corrected chi connectivity index (χ2v) is 7.53. The zero-order valence-electron chi connectivity index (χ0n) is 14.4. The van der Waals surface area contributed by atoms with Gasteiger partial charge < -0.3 is 14.4 Å². The zero-order chi connectivity index (χ0) is 16.4. The average Bonchev–Trinajstić information content (AvgIpc) is 3.23. The van der Waals surface area contributed by atoms with E-state index >= 15 is 0 Å². The lowest BCUT2D eigenvalue weighted by Crippen LogP contribution is -2.48. The molecule has 0 spiro atoms. The van der Waals surface area contributed by atoms with Crippen LogP contribution in [-0.2, 0) is 11.3 Å². The minimum absolute atomic E-state index is 0.217. The quantitative estimate of drug-likeness (QED) is 0.902. The number of aromatic nitrogens is 1. The van der Waals surface area contributed by atoms with Gasteiger partial charge in [-0.1, -0.05) is 24.4 Å². The predicted octanol–water partition coefficient (Wildman–Crippen LogP) is 1.60. The van der Waals surface area contributed by atoms with E-state index in [4.69, 9.17) is 9.26 Å². The van der Waals surface area contributed by atoms with E-state index < -0.39 is 0 Å². The Morgan fingerprint density at radius 1 is 1.12 bits per heavy atom. The topological polar surface area (TPSA) is 62.0 Å². The molecule has 134 valence electrons. The molecule has 0 radical (unpaired) electrons. The number of β-amino-alcohol motifs (C(OH)–C–C–N with tert-alkyl or cyclic N) is 1. The minimum atomic E-state index is -0.288. The van der Waals surface area contributed by atoms with E-state index in [2.05, 4.69) is 21.0 Å². The first-order valence-corrected chi connectivity index (χ1v) is 9.47. The van der Waals surface area contributed by atoms with Gasteiger partial charge in [0, 0.05) is 44.2 Å². The van der Waals surface area contributed by atoms with Crippen molar-refractivity contribution in [3.63, 3.8) is 0 Å². The van der Waals surface area contributed by atoms with Gasteiger partial charge in [0.25, 0.3) is 0 Å². The van der Waals surface area contributed by atoms with E-state index in [1.54, 1.807) is 0 Å². The normalized spacial score (nSPS) is 30.9. The van der Waals surface area contributed by atoms with Crippen LogP contribution in [0.4, 0.5) is 0 Å². The molecule has 1 N–H and O–H groups in total. The molecule has 6 heteroatoms. The number of hydrogen-bond acceptors (Lipinski definition) is 6. The number of rotatable bonds is 4. The summed E-state index contributed by atoms with van der Waals surface area (Å²) in [6.07, 6.45) is 6.18. The van der Waals surface area contributed by atoms with Crippen molar-refractivity contribution >= 4 is 0 Å². The summed E-state index contributed by atoms with van der Waals surface area (Å²) in [6.45, 7) is 5.74. The molecule has 1 aliphatic carbocycles. The number of aliphatic hydroxyl groups is 1. The number of hydrogen-bond donors (Lipinski definition) is 1. The van der Waals surface area contributed by atoms with Crippen molar-refractivity contribution in [1.82, 2.24) is 15.0 Å². The number of morpholine rings is 1. The summed E-state index contributed by atoms with van der Waals surface area (Å²) in [5.74, 6) is 1.52. The van der Waals surface area contributed by atoms with Crippen LogP contribution in [0.2, 0.25) is 0 Å². The Labute approximate surface area is 143 Å². The van der Waals surface area contributed by atoms with Gasteiger partial charge in [-0.2, -0.15) is 0 Å². The fourth-order valence-electron chi connectivity index (χ4n) is 4.46. The fraction of sp³-hybridized carbons (Fsp3) is 0.833. The Morgan fingerprint density at radius 3 is 2.71 bits per heavy atom. The third kappa shape index (κ3) is 3.67. The summed E-state index contributed by atoms with van der Waals surface area (Å²) < 4.78 is 11.0. The molecule has 0 bridgehead atoms. The second-order valence-electron chi connectivity index (χ2n) is 7.53. The van der Waals surface area contributed by atoms with E-state index in [0.717, 1.165) is 50.8 Å². The van der Waals surface area contributed by atoms with E-state index in [0.29, 0.717) is 12.5 Å². The highest BCUT2D eigenvalue weighted by Crippen LogP contribution is 2.32. The molecule has 3 fully saturated rings. The lowest BCUT2D eigenvalue weighted by molar-refractivity contribution is -0.00619. The van der Waals surface area contributed by atoms with Crippen LogP contribution in [0.1, 0.15) is 49.5 Å². The van der Waals surface area contributed by atoms with Gasteiger partial charge in [-0.3, -0.25) is 9.80 Å². The molecule has 1 aromatic rings. The van der Waals surface area contributed by atoms with Crippen LogP contribution < -0.4 is 0 Å². The summed E-state index contributed by atoms with van der Waals surface area (Å²) in [6, 6.07) is 2.36. The van der Waals surface area contributed by atoms with Crippen LogP contribution in [0.25, 0.3) is 0 Å². The summed E-state index contributed by atoms with van der Waals surface area (Å²) in [5.41, 5.74) is 1.13. The van der Waals surface area contributed by atoms with Gasteiger partial charge in [0.1, 0.15) is 0 Å². The Hall–Kier alpha value is -0.950. The molecular weight excluding hydrogens is 306 g/mol. The third-order valence-electron chi connectivity index (χ3n) is 5.83. The highest BCUT2D eigenvalue weighted by molar-refractivity contribution is 5.11. The van der Waals surface area contributed by atoms with Gasteiger partial charge in [-0.15, -0.1) is 0 Å². The predicted molar refractivity (Wildman–Crippen MR) is 89.8 cm³/mol. The molecule has 1 saturated carbocycles. The Bertz CT molecular complexity index is 523. The SMILES string of the molecule is O[C@@H]1CN(Cc2cc(C3CCCCC3)no2)C[C@H]1N1CCOCC1. The van der Waals surface area contributed by atoms with Crippen LogP contribution >= 0.6 is 0 Å². The first-order valence-electron chi connectivity index (χ1n) is 9.47. The molecule has 1 aromatic heterocycles. The van der Waals surface area contributed by atoms with E-state index in [1.165, 1.54) is 32.1 Å². The maximum absolute atomic E-state index is 10.4. The molecule has 0 amide bonds. The molecule has 3 heterocycles. The Morgan fingerprint density at radius 2 is 1.92 bits per heavy atom. The smallest absolute Gasteiger partial charge is 0.150 e. The van der Waals surface area contributed by atoms with E-state index in [1.807, 2.05) is 0 Å². The van der Waals surface area contributed by atoms with Gasteiger partial charge in [0.15, 0.2) is 5.76 Å². The molecular formula is C18H29N3O3. The maximum atomic E-state index is 10.4. The van der Waals surface area contributed by atoms with Crippen molar-refractivity contribution in [2.45, 2.75) is 56.7 Å². The van der Waals surface area contributed by atoms with Crippen molar-refractivity contribution in [3.05, 3.63) is 17.5 Å². The summed E-state index contributed by atoms with van der Waals surface area (Å²) in [4.78, 5) is 4.65. The summed E-state index contributed by atoms with van der Waals surface area (Å²) in [7, 11) is 0. The molecule has 3 aliphatic rings. The van der Waals surface area contributed by atoms with E-state index in [9.17, 15) is 5.11 Å². The maximum Gasteiger partial charge on any atom is 0.150 e. The van der Waals surface area contributed by atoms with Gasteiger partial charge in [0.2, 0.25) is 0 Å².